The summed E-state index contributed by atoms with van der Waals surface area (Å²) in [4.78, 5) is 11.8. The molecule has 2 rings (SSSR count). The van der Waals surface area contributed by atoms with Gasteiger partial charge in [0.2, 0.25) is 5.91 Å². The third-order valence-electron chi connectivity index (χ3n) is 3.29. The van der Waals surface area contributed by atoms with Crippen LogP contribution in [0.2, 0.25) is 0 Å². The first-order valence-corrected chi connectivity index (χ1v) is 6.50. The van der Waals surface area contributed by atoms with Gasteiger partial charge in [0, 0.05) is 25.3 Å². The maximum Gasteiger partial charge on any atom is 0.416 e. The number of carbonyl (C=O) groups excluding carboxylic acids is 1. The Morgan fingerprint density at radius 3 is 2.65 bits per heavy atom. The third kappa shape index (κ3) is 4.23. The van der Waals surface area contributed by atoms with Gasteiger partial charge >= 0.3 is 6.18 Å². The van der Waals surface area contributed by atoms with E-state index in [0.29, 0.717) is 19.6 Å². The molecule has 110 valence electrons. The summed E-state index contributed by atoms with van der Waals surface area (Å²) in [6.07, 6.45) is -2.45. The fourth-order valence-electron chi connectivity index (χ4n) is 2.20. The zero-order chi connectivity index (χ0) is 14.6. The maximum absolute atomic E-state index is 12.6. The van der Waals surface area contributed by atoms with Crippen LogP contribution >= 0.6 is 0 Å². The van der Waals surface area contributed by atoms with E-state index in [-0.39, 0.29) is 17.5 Å². The maximum atomic E-state index is 12.6. The van der Waals surface area contributed by atoms with Crippen molar-refractivity contribution >= 4 is 11.6 Å². The van der Waals surface area contributed by atoms with E-state index in [1.807, 2.05) is 0 Å². The number of anilines is 1. The Bertz CT molecular complexity index is 468. The molecular formula is C14H16F3NO2. The van der Waals surface area contributed by atoms with Gasteiger partial charge in [-0.05, 0) is 37.0 Å². The molecular weight excluding hydrogens is 271 g/mol. The normalized spacial score (nSPS) is 16.9. The van der Waals surface area contributed by atoms with Gasteiger partial charge in [-0.25, -0.2) is 0 Å². The van der Waals surface area contributed by atoms with Crippen molar-refractivity contribution < 1.29 is 22.7 Å². The summed E-state index contributed by atoms with van der Waals surface area (Å²) in [5.74, 6) is -0.00854. The standard InChI is InChI=1S/C14H16F3NO2/c15-14(16,17)11-2-1-3-12(9-11)18-13(19)8-10-4-6-20-7-5-10/h1-3,9-10H,4-8H2,(H,18,19). The van der Waals surface area contributed by atoms with Crippen LogP contribution in [-0.4, -0.2) is 19.1 Å². The van der Waals surface area contributed by atoms with Crippen LogP contribution in [0.3, 0.4) is 0 Å². The number of rotatable bonds is 3. The van der Waals surface area contributed by atoms with Gasteiger partial charge in [-0.15, -0.1) is 0 Å². The minimum absolute atomic E-state index is 0.178. The highest BCUT2D eigenvalue weighted by Crippen LogP contribution is 2.30. The van der Waals surface area contributed by atoms with Crippen molar-refractivity contribution in [3.63, 3.8) is 0 Å². The van der Waals surface area contributed by atoms with Gasteiger partial charge in [-0.2, -0.15) is 13.2 Å². The van der Waals surface area contributed by atoms with Gasteiger partial charge in [0.25, 0.3) is 0 Å². The summed E-state index contributed by atoms with van der Waals surface area (Å²) in [7, 11) is 0. The largest absolute Gasteiger partial charge is 0.416 e. The summed E-state index contributed by atoms with van der Waals surface area (Å²) in [6, 6.07) is 4.67. The Morgan fingerprint density at radius 1 is 1.30 bits per heavy atom. The zero-order valence-corrected chi connectivity index (χ0v) is 10.9. The van der Waals surface area contributed by atoms with E-state index >= 15 is 0 Å². The van der Waals surface area contributed by atoms with E-state index in [1.54, 1.807) is 0 Å². The van der Waals surface area contributed by atoms with E-state index in [4.69, 9.17) is 4.74 Å². The average molecular weight is 287 g/mol. The van der Waals surface area contributed by atoms with E-state index in [0.717, 1.165) is 25.0 Å². The molecule has 1 fully saturated rings. The number of alkyl halides is 3. The lowest BCUT2D eigenvalue weighted by atomic mass is 9.96. The second-order valence-corrected chi connectivity index (χ2v) is 4.89. The summed E-state index contributed by atoms with van der Waals surface area (Å²) >= 11 is 0. The highest BCUT2D eigenvalue weighted by atomic mass is 19.4. The first-order chi connectivity index (χ1) is 9.45. The number of halogens is 3. The van der Waals surface area contributed by atoms with Crippen LogP contribution in [0.5, 0.6) is 0 Å². The van der Waals surface area contributed by atoms with Crippen molar-refractivity contribution in [2.45, 2.75) is 25.4 Å². The van der Waals surface area contributed by atoms with Gasteiger partial charge in [-0.1, -0.05) is 6.07 Å². The number of benzene rings is 1. The molecule has 20 heavy (non-hydrogen) atoms. The van der Waals surface area contributed by atoms with Crippen molar-refractivity contribution in [1.82, 2.24) is 0 Å². The van der Waals surface area contributed by atoms with Crippen molar-refractivity contribution in [3.8, 4) is 0 Å². The number of hydrogen-bond acceptors (Lipinski definition) is 2. The van der Waals surface area contributed by atoms with Crippen molar-refractivity contribution in [2.75, 3.05) is 18.5 Å². The minimum atomic E-state index is -4.40. The fourth-order valence-corrected chi connectivity index (χ4v) is 2.20. The molecule has 1 amide bonds. The van der Waals surface area contributed by atoms with Gasteiger partial charge in [0.05, 0.1) is 5.56 Å². The molecule has 1 heterocycles. The molecule has 1 aromatic carbocycles. The first-order valence-electron chi connectivity index (χ1n) is 6.50. The monoisotopic (exact) mass is 287 g/mol. The van der Waals surface area contributed by atoms with Crippen LogP contribution < -0.4 is 5.32 Å². The molecule has 0 saturated carbocycles. The highest BCUT2D eigenvalue weighted by Gasteiger charge is 2.30. The van der Waals surface area contributed by atoms with Crippen molar-refractivity contribution in [3.05, 3.63) is 29.8 Å². The lowest BCUT2D eigenvalue weighted by molar-refractivity contribution is -0.137. The van der Waals surface area contributed by atoms with Crippen LogP contribution in [0.15, 0.2) is 24.3 Å². The van der Waals surface area contributed by atoms with Gasteiger partial charge in [-0.3, -0.25) is 4.79 Å². The molecule has 6 heteroatoms. The lowest BCUT2D eigenvalue weighted by Crippen LogP contribution is -2.22. The minimum Gasteiger partial charge on any atom is -0.381 e. The molecule has 0 bridgehead atoms. The fraction of sp³-hybridized carbons (Fsp3) is 0.500. The van der Waals surface area contributed by atoms with E-state index in [9.17, 15) is 18.0 Å². The van der Waals surface area contributed by atoms with Crippen LogP contribution in [0.1, 0.15) is 24.8 Å². The lowest BCUT2D eigenvalue weighted by Gasteiger charge is -2.21. The molecule has 1 saturated heterocycles. The summed E-state index contributed by atoms with van der Waals surface area (Å²) < 4.78 is 42.9. The second-order valence-electron chi connectivity index (χ2n) is 4.89. The molecule has 0 spiro atoms. The molecule has 0 aliphatic carbocycles. The Kier molecular flexibility index (Phi) is 4.65. The Labute approximate surface area is 115 Å². The number of nitrogens with one attached hydrogen (secondary N) is 1. The number of amides is 1. The van der Waals surface area contributed by atoms with Gasteiger partial charge in [0.15, 0.2) is 0 Å². The molecule has 0 atom stereocenters. The second kappa shape index (κ2) is 6.26. The SMILES string of the molecule is O=C(CC1CCOCC1)Nc1cccc(C(F)(F)F)c1. The summed E-state index contributed by atoms with van der Waals surface area (Å²) in [5, 5.41) is 2.52. The highest BCUT2D eigenvalue weighted by molar-refractivity contribution is 5.90. The predicted octanol–water partition coefficient (Wildman–Crippen LogP) is 3.46. The van der Waals surface area contributed by atoms with E-state index in [1.165, 1.54) is 12.1 Å². The molecule has 1 aliphatic rings. The Balaban J connectivity index is 1.93. The third-order valence-corrected chi connectivity index (χ3v) is 3.29. The van der Waals surface area contributed by atoms with Crippen LogP contribution in [0.4, 0.5) is 18.9 Å². The molecule has 0 aromatic heterocycles. The summed E-state index contributed by atoms with van der Waals surface area (Å²) in [6.45, 7) is 1.28. The zero-order valence-electron chi connectivity index (χ0n) is 10.9. The van der Waals surface area contributed by atoms with E-state index < -0.39 is 11.7 Å². The average Bonchev–Trinajstić information content (AvgIpc) is 2.39. The summed E-state index contributed by atoms with van der Waals surface area (Å²) in [5.41, 5.74) is -0.585. The predicted molar refractivity (Wildman–Crippen MR) is 68.2 cm³/mol. The molecule has 1 N–H and O–H groups in total. The van der Waals surface area contributed by atoms with Crippen LogP contribution in [-0.2, 0) is 15.7 Å². The Hall–Kier alpha value is -1.56. The number of hydrogen-bond donors (Lipinski definition) is 1. The van der Waals surface area contributed by atoms with E-state index in [2.05, 4.69) is 5.32 Å². The molecule has 1 aromatic rings. The number of carbonyl (C=O) groups is 1. The molecule has 0 unspecified atom stereocenters. The molecule has 3 nitrogen and oxygen atoms in total. The number of ether oxygens (including phenoxy) is 1. The Morgan fingerprint density at radius 2 is 2.00 bits per heavy atom. The quantitative estimate of drug-likeness (QED) is 0.924. The smallest absolute Gasteiger partial charge is 0.381 e. The molecule has 1 aliphatic heterocycles. The first kappa shape index (κ1) is 14.8. The van der Waals surface area contributed by atoms with Crippen molar-refractivity contribution in [1.29, 1.82) is 0 Å². The van der Waals surface area contributed by atoms with Crippen molar-refractivity contribution in [2.24, 2.45) is 5.92 Å². The van der Waals surface area contributed by atoms with Crippen LogP contribution in [0, 0.1) is 5.92 Å². The topological polar surface area (TPSA) is 38.3 Å². The molecule has 0 radical (unpaired) electrons. The van der Waals surface area contributed by atoms with Gasteiger partial charge < -0.3 is 10.1 Å². The van der Waals surface area contributed by atoms with Crippen LogP contribution in [0.25, 0.3) is 0 Å². The van der Waals surface area contributed by atoms with Gasteiger partial charge in [0.1, 0.15) is 0 Å².